The number of aromatic nitrogens is 3. The summed E-state index contributed by atoms with van der Waals surface area (Å²) in [5.41, 5.74) is 0.164. The van der Waals surface area contributed by atoms with Gasteiger partial charge in [0.2, 0.25) is 5.91 Å². The summed E-state index contributed by atoms with van der Waals surface area (Å²) in [5, 5.41) is 13.1. The van der Waals surface area contributed by atoms with Gasteiger partial charge in [0, 0.05) is 45.2 Å². The summed E-state index contributed by atoms with van der Waals surface area (Å²) < 4.78 is 0. The van der Waals surface area contributed by atoms with E-state index in [1.165, 1.54) is 0 Å². The monoisotopic (exact) mass is 389 g/mol. The Labute approximate surface area is 163 Å². The van der Waals surface area contributed by atoms with E-state index in [1.807, 2.05) is 9.80 Å². The highest BCUT2D eigenvalue weighted by atomic mass is 16.2. The van der Waals surface area contributed by atoms with Gasteiger partial charge in [0.25, 0.3) is 5.91 Å². The second-order valence-corrected chi connectivity index (χ2v) is 7.75. The number of H-pyrrole nitrogens is 1. The van der Waals surface area contributed by atoms with Crippen molar-refractivity contribution in [2.75, 3.05) is 44.6 Å². The van der Waals surface area contributed by atoms with Crippen molar-refractivity contribution in [3.8, 4) is 0 Å². The normalized spacial score (nSPS) is 20.6. The molecule has 0 atom stereocenters. The number of anilines is 1. The largest absolute Gasteiger partial charge is 0.337 e. The van der Waals surface area contributed by atoms with Crippen molar-refractivity contribution in [2.45, 2.75) is 38.5 Å². The first-order chi connectivity index (χ1) is 13.6. The van der Waals surface area contributed by atoms with Crippen molar-refractivity contribution in [2.24, 2.45) is 5.92 Å². The summed E-state index contributed by atoms with van der Waals surface area (Å²) in [4.78, 5) is 43.1. The molecule has 2 N–H and O–H groups in total. The molecule has 3 aliphatic rings. The minimum absolute atomic E-state index is 0.0892. The molecule has 4 heterocycles. The van der Waals surface area contributed by atoms with Gasteiger partial charge in [-0.15, -0.1) is 10.2 Å². The van der Waals surface area contributed by atoms with Crippen molar-refractivity contribution in [1.29, 1.82) is 0 Å². The van der Waals surface area contributed by atoms with E-state index in [9.17, 15) is 14.4 Å². The maximum Gasteiger partial charge on any atom is 0.319 e. The standard InChI is InChI=1S/C18H27N7O3/c26-16(13-5-11-25(12-6-13)18(28)24-9-3-4-10-24)19-15-14(20-22-21-15)17(27)23-7-1-2-8-23/h13H,1-12H2,(H2,19,20,21,22,26). The van der Waals surface area contributed by atoms with Crippen LogP contribution in [0.15, 0.2) is 0 Å². The predicted octanol–water partition coefficient (Wildman–Crippen LogP) is 0.907. The van der Waals surface area contributed by atoms with E-state index in [4.69, 9.17) is 0 Å². The number of carbonyl (C=O) groups excluding carboxylic acids is 3. The summed E-state index contributed by atoms with van der Waals surface area (Å²) in [6, 6.07) is 0.0892. The molecule has 10 nitrogen and oxygen atoms in total. The van der Waals surface area contributed by atoms with E-state index >= 15 is 0 Å². The third kappa shape index (κ3) is 3.81. The highest BCUT2D eigenvalue weighted by Crippen LogP contribution is 2.22. The molecule has 0 unspecified atom stereocenters. The molecule has 4 amide bonds. The minimum Gasteiger partial charge on any atom is -0.337 e. The number of rotatable bonds is 3. The molecule has 0 spiro atoms. The molecule has 0 radical (unpaired) electrons. The molecule has 0 aromatic carbocycles. The molecule has 152 valence electrons. The summed E-state index contributed by atoms with van der Waals surface area (Å²) in [7, 11) is 0. The number of amides is 4. The van der Waals surface area contributed by atoms with Gasteiger partial charge in [-0.3, -0.25) is 9.59 Å². The molecule has 3 saturated heterocycles. The second-order valence-electron chi connectivity index (χ2n) is 7.75. The van der Waals surface area contributed by atoms with Crippen molar-refractivity contribution >= 4 is 23.7 Å². The van der Waals surface area contributed by atoms with Crippen LogP contribution in [0.3, 0.4) is 0 Å². The van der Waals surface area contributed by atoms with Crippen LogP contribution in [-0.4, -0.2) is 87.2 Å². The maximum atomic E-state index is 12.7. The Balaban J connectivity index is 1.31. The number of likely N-dealkylation sites (tertiary alicyclic amines) is 3. The van der Waals surface area contributed by atoms with Gasteiger partial charge in [0.1, 0.15) is 0 Å². The maximum absolute atomic E-state index is 12.7. The van der Waals surface area contributed by atoms with Crippen molar-refractivity contribution in [1.82, 2.24) is 30.1 Å². The summed E-state index contributed by atoms with van der Waals surface area (Å²) in [5.74, 6) is -0.378. The Kier molecular flexibility index (Phi) is 5.45. The van der Waals surface area contributed by atoms with Crippen LogP contribution in [0.25, 0.3) is 0 Å². The molecule has 3 aliphatic heterocycles. The smallest absolute Gasteiger partial charge is 0.319 e. The number of aromatic amines is 1. The molecular weight excluding hydrogens is 362 g/mol. The molecule has 0 saturated carbocycles. The van der Waals surface area contributed by atoms with Crippen LogP contribution >= 0.6 is 0 Å². The van der Waals surface area contributed by atoms with E-state index in [1.54, 1.807) is 4.90 Å². The molecule has 4 rings (SSSR count). The van der Waals surface area contributed by atoms with Crippen LogP contribution in [0.5, 0.6) is 0 Å². The topological polar surface area (TPSA) is 115 Å². The van der Waals surface area contributed by atoms with Crippen molar-refractivity contribution in [3.05, 3.63) is 5.69 Å². The number of carbonyl (C=O) groups is 3. The zero-order valence-corrected chi connectivity index (χ0v) is 16.0. The molecule has 1 aromatic rings. The molecule has 1 aromatic heterocycles. The third-order valence-electron chi connectivity index (χ3n) is 5.90. The highest BCUT2D eigenvalue weighted by molar-refractivity contribution is 6.01. The Morgan fingerprint density at radius 2 is 1.39 bits per heavy atom. The van der Waals surface area contributed by atoms with Gasteiger partial charge in [-0.2, -0.15) is 5.21 Å². The second kappa shape index (κ2) is 8.15. The van der Waals surface area contributed by atoms with Crippen LogP contribution < -0.4 is 5.32 Å². The molecule has 0 aliphatic carbocycles. The van der Waals surface area contributed by atoms with Gasteiger partial charge in [-0.1, -0.05) is 0 Å². The summed E-state index contributed by atoms with van der Waals surface area (Å²) >= 11 is 0. The SMILES string of the molecule is O=C(Nc1n[nH]nc1C(=O)N1CCCC1)C1CCN(C(=O)N2CCCC2)CC1. The number of nitrogens with zero attached hydrogens (tertiary/aromatic N) is 5. The number of hydrogen-bond donors (Lipinski definition) is 2. The fraction of sp³-hybridized carbons (Fsp3) is 0.722. The lowest BCUT2D eigenvalue weighted by atomic mass is 9.96. The lowest BCUT2D eigenvalue weighted by Gasteiger charge is -2.33. The van der Waals surface area contributed by atoms with Crippen molar-refractivity contribution in [3.63, 3.8) is 0 Å². The first kappa shape index (κ1) is 18.7. The average Bonchev–Trinajstić information content (AvgIpc) is 3.49. The molecule has 0 bridgehead atoms. The minimum atomic E-state index is -0.201. The van der Waals surface area contributed by atoms with Crippen LogP contribution in [0.4, 0.5) is 10.6 Å². The molecule has 3 fully saturated rings. The molecule has 28 heavy (non-hydrogen) atoms. The quantitative estimate of drug-likeness (QED) is 0.797. The van der Waals surface area contributed by atoms with Gasteiger partial charge in [-0.25, -0.2) is 4.79 Å². The number of piperidine rings is 1. The summed E-state index contributed by atoms with van der Waals surface area (Å²) in [6.45, 7) is 4.24. The Morgan fingerprint density at radius 1 is 0.821 bits per heavy atom. The first-order valence-electron chi connectivity index (χ1n) is 10.2. The van der Waals surface area contributed by atoms with E-state index in [0.29, 0.717) is 39.0 Å². The first-order valence-corrected chi connectivity index (χ1v) is 10.2. The highest BCUT2D eigenvalue weighted by Gasteiger charge is 2.32. The summed E-state index contributed by atoms with van der Waals surface area (Å²) in [6.07, 6.45) is 5.33. The lowest BCUT2D eigenvalue weighted by Crippen LogP contribution is -2.47. The Morgan fingerprint density at radius 3 is 2.04 bits per heavy atom. The van der Waals surface area contributed by atoms with Crippen molar-refractivity contribution < 1.29 is 14.4 Å². The van der Waals surface area contributed by atoms with Gasteiger partial charge in [-0.05, 0) is 38.5 Å². The number of nitrogens with one attached hydrogen (secondary N) is 2. The number of urea groups is 1. The zero-order valence-electron chi connectivity index (χ0n) is 16.0. The van der Waals surface area contributed by atoms with E-state index in [2.05, 4.69) is 20.7 Å². The Bertz CT molecular complexity index is 729. The lowest BCUT2D eigenvalue weighted by molar-refractivity contribution is -0.121. The van der Waals surface area contributed by atoms with Gasteiger partial charge in [0.15, 0.2) is 11.5 Å². The van der Waals surface area contributed by atoms with Crippen LogP contribution in [0.2, 0.25) is 0 Å². The fourth-order valence-corrected chi connectivity index (χ4v) is 4.20. The molecule has 10 heteroatoms. The molecular formula is C18H27N7O3. The Hall–Kier alpha value is -2.65. The van der Waals surface area contributed by atoms with Crippen LogP contribution in [-0.2, 0) is 4.79 Å². The average molecular weight is 389 g/mol. The van der Waals surface area contributed by atoms with Gasteiger partial charge in [0.05, 0.1) is 0 Å². The predicted molar refractivity (Wildman–Crippen MR) is 101 cm³/mol. The third-order valence-corrected chi connectivity index (χ3v) is 5.90. The zero-order chi connectivity index (χ0) is 19.5. The fourth-order valence-electron chi connectivity index (χ4n) is 4.20. The van der Waals surface area contributed by atoms with Crippen LogP contribution in [0, 0.1) is 5.92 Å². The van der Waals surface area contributed by atoms with E-state index in [0.717, 1.165) is 38.8 Å². The van der Waals surface area contributed by atoms with E-state index < -0.39 is 0 Å². The van der Waals surface area contributed by atoms with Crippen LogP contribution in [0.1, 0.15) is 49.0 Å². The number of hydrogen-bond acceptors (Lipinski definition) is 5. The van der Waals surface area contributed by atoms with Gasteiger partial charge < -0.3 is 20.0 Å². The van der Waals surface area contributed by atoms with Gasteiger partial charge >= 0.3 is 6.03 Å². The van der Waals surface area contributed by atoms with E-state index in [-0.39, 0.29) is 35.3 Å².